The lowest BCUT2D eigenvalue weighted by Crippen LogP contribution is -2.25. The van der Waals surface area contributed by atoms with Crippen LogP contribution in [0.2, 0.25) is 0 Å². The number of hydrogen-bond acceptors (Lipinski definition) is 7. The smallest absolute Gasteiger partial charge is 0.257 e. The van der Waals surface area contributed by atoms with E-state index in [1.807, 2.05) is 0 Å². The van der Waals surface area contributed by atoms with Crippen molar-refractivity contribution in [2.45, 2.75) is 26.8 Å². The van der Waals surface area contributed by atoms with Crippen LogP contribution in [-0.2, 0) is 13.0 Å². The Morgan fingerprint density at radius 3 is 2.41 bits per heavy atom. The molecular weight excluding hydrogens is 575 g/mol. The maximum Gasteiger partial charge on any atom is 0.257 e. The van der Waals surface area contributed by atoms with Crippen LogP contribution in [0.25, 0.3) is 22.2 Å². The van der Waals surface area contributed by atoms with E-state index in [4.69, 9.17) is 14.2 Å². The summed E-state index contributed by atoms with van der Waals surface area (Å²) in [6.07, 6.45) is 2.66. The van der Waals surface area contributed by atoms with Crippen molar-refractivity contribution in [3.63, 3.8) is 0 Å². The van der Waals surface area contributed by atoms with Gasteiger partial charge in [0.15, 0.2) is 34.3 Å². The zero-order chi connectivity index (χ0) is 31.5. The van der Waals surface area contributed by atoms with Gasteiger partial charge in [-0.25, -0.2) is 18.2 Å². The van der Waals surface area contributed by atoms with Crippen LogP contribution in [-0.4, -0.2) is 41.2 Å². The van der Waals surface area contributed by atoms with Crippen molar-refractivity contribution in [2.24, 2.45) is 0 Å². The predicted molar refractivity (Wildman–Crippen MR) is 159 cm³/mol. The molecule has 0 radical (unpaired) electrons. The van der Waals surface area contributed by atoms with E-state index >= 15 is 4.39 Å². The Morgan fingerprint density at radius 1 is 0.932 bits per heavy atom. The minimum atomic E-state index is -0.747. The Morgan fingerprint density at radius 2 is 1.73 bits per heavy atom. The molecule has 226 valence electrons. The second-order valence-electron chi connectivity index (χ2n) is 10.0. The topological polar surface area (TPSA) is 92.5 Å². The summed E-state index contributed by atoms with van der Waals surface area (Å²) in [6, 6.07) is 11.1. The van der Waals surface area contributed by atoms with Gasteiger partial charge in [-0.15, -0.1) is 0 Å². The normalized spacial score (nSPS) is 11.1. The number of halogens is 3. The molecule has 0 spiro atoms. The summed E-state index contributed by atoms with van der Waals surface area (Å²) in [5.41, 5.74) is 1.69. The van der Waals surface area contributed by atoms with Gasteiger partial charge in [0.25, 0.3) is 5.88 Å². The first-order valence-corrected chi connectivity index (χ1v) is 13.6. The highest BCUT2D eigenvalue weighted by Gasteiger charge is 2.22. The van der Waals surface area contributed by atoms with Crippen LogP contribution < -0.4 is 19.6 Å². The molecule has 5 aromatic rings. The van der Waals surface area contributed by atoms with Gasteiger partial charge in [-0.3, -0.25) is 14.6 Å². The number of alkyl halides is 1. The fourth-order valence-electron chi connectivity index (χ4n) is 5.04. The maximum atomic E-state index is 15.3. The number of pyridine rings is 3. The highest BCUT2D eigenvalue weighted by Crippen LogP contribution is 2.35. The summed E-state index contributed by atoms with van der Waals surface area (Å²) >= 11 is 0. The van der Waals surface area contributed by atoms with Crippen LogP contribution >= 0.6 is 0 Å². The standard InChI is InChI=1S/C33H28F3N3O5/c1-18-13-21(35)6-7-22(18)23-17-39(12-10-34)19(2)30(32(23)41)26(40)15-20-5-8-27(24(36)14-20)44-28-9-11-37-25-16-29(42-3)33(43-4)38-31(25)28/h5-9,11,13-14,16-17H,10,12,15H2,1-4H3. The largest absolute Gasteiger partial charge is 0.491 e. The lowest BCUT2D eigenvalue weighted by atomic mass is 9.95. The van der Waals surface area contributed by atoms with Gasteiger partial charge in [0, 0.05) is 42.2 Å². The molecule has 0 amide bonds. The highest BCUT2D eigenvalue weighted by atomic mass is 19.1. The van der Waals surface area contributed by atoms with Crippen molar-refractivity contribution in [1.29, 1.82) is 0 Å². The van der Waals surface area contributed by atoms with E-state index in [2.05, 4.69) is 9.97 Å². The highest BCUT2D eigenvalue weighted by molar-refractivity contribution is 5.99. The number of rotatable bonds is 10. The molecule has 3 heterocycles. The van der Waals surface area contributed by atoms with Crippen molar-refractivity contribution < 1.29 is 32.2 Å². The fourth-order valence-corrected chi connectivity index (χ4v) is 5.04. The van der Waals surface area contributed by atoms with Gasteiger partial charge >= 0.3 is 0 Å². The number of ether oxygens (including phenoxy) is 3. The van der Waals surface area contributed by atoms with Crippen LogP contribution in [0.1, 0.15) is 27.2 Å². The van der Waals surface area contributed by atoms with Crippen molar-refractivity contribution in [3.8, 4) is 34.3 Å². The summed E-state index contributed by atoms with van der Waals surface area (Å²) in [4.78, 5) is 35.8. The maximum absolute atomic E-state index is 15.3. The SMILES string of the molecule is COc1cc2nccc(Oc3ccc(CC(=O)c4c(C)n(CCF)cc(-c5ccc(F)cc5C)c4=O)cc3F)c2nc1OC. The Balaban J connectivity index is 1.46. The molecule has 0 atom stereocenters. The summed E-state index contributed by atoms with van der Waals surface area (Å²) in [5, 5.41) is 0. The van der Waals surface area contributed by atoms with Crippen LogP contribution in [0.15, 0.2) is 65.7 Å². The number of Topliss-reactive ketones (excluding diaryl/α,β-unsaturated/α-hetero) is 1. The monoisotopic (exact) mass is 603 g/mol. The Labute approximate surface area is 250 Å². The first-order valence-electron chi connectivity index (χ1n) is 13.6. The van der Waals surface area contributed by atoms with Crippen LogP contribution in [0.5, 0.6) is 23.1 Å². The molecule has 0 unspecified atom stereocenters. The zero-order valence-electron chi connectivity index (χ0n) is 24.4. The molecular formula is C33H28F3N3O5. The fraction of sp³-hybridized carbons (Fsp3) is 0.212. The number of aromatic nitrogens is 3. The average Bonchev–Trinajstić information content (AvgIpc) is 2.99. The Hall–Kier alpha value is -5.19. The van der Waals surface area contributed by atoms with E-state index in [0.29, 0.717) is 33.5 Å². The third-order valence-electron chi connectivity index (χ3n) is 7.23. The summed E-state index contributed by atoms with van der Waals surface area (Å²) in [7, 11) is 2.91. The van der Waals surface area contributed by atoms with Crippen molar-refractivity contribution in [1.82, 2.24) is 14.5 Å². The first-order chi connectivity index (χ1) is 21.1. The van der Waals surface area contributed by atoms with Crippen LogP contribution in [0.4, 0.5) is 13.2 Å². The third kappa shape index (κ3) is 5.85. The van der Waals surface area contributed by atoms with Gasteiger partial charge in [0.05, 0.1) is 31.8 Å². The second kappa shape index (κ2) is 12.6. The van der Waals surface area contributed by atoms with Gasteiger partial charge < -0.3 is 18.8 Å². The summed E-state index contributed by atoms with van der Waals surface area (Å²) < 4.78 is 60.3. The van der Waals surface area contributed by atoms with E-state index in [9.17, 15) is 18.4 Å². The zero-order valence-corrected chi connectivity index (χ0v) is 24.4. The Bertz CT molecular complexity index is 1960. The molecule has 8 nitrogen and oxygen atoms in total. The molecule has 2 aromatic carbocycles. The van der Waals surface area contributed by atoms with E-state index in [-0.39, 0.29) is 47.2 Å². The van der Waals surface area contributed by atoms with E-state index in [1.165, 1.54) is 67.6 Å². The number of nitrogens with zero attached hydrogens (tertiary/aromatic N) is 3. The number of fused-ring (bicyclic) bond motifs is 1. The molecule has 0 aliphatic rings. The minimum Gasteiger partial charge on any atom is -0.491 e. The van der Waals surface area contributed by atoms with Gasteiger partial charge in [0.1, 0.15) is 18.0 Å². The lowest BCUT2D eigenvalue weighted by molar-refractivity contribution is 0.0990. The molecule has 5 rings (SSSR count). The van der Waals surface area contributed by atoms with Crippen molar-refractivity contribution in [2.75, 3.05) is 20.9 Å². The molecule has 0 aliphatic carbocycles. The number of benzene rings is 2. The van der Waals surface area contributed by atoms with Crippen LogP contribution in [0.3, 0.4) is 0 Å². The number of carbonyl (C=O) groups is 1. The molecule has 0 saturated heterocycles. The number of aryl methyl sites for hydroxylation is 2. The predicted octanol–water partition coefficient (Wildman–Crippen LogP) is 6.56. The number of methoxy groups -OCH3 is 2. The van der Waals surface area contributed by atoms with E-state index in [0.717, 1.165) is 6.07 Å². The Kier molecular flexibility index (Phi) is 8.66. The molecule has 3 aromatic heterocycles. The lowest BCUT2D eigenvalue weighted by Gasteiger charge is -2.17. The number of hydrogen-bond donors (Lipinski definition) is 0. The van der Waals surface area contributed by atoms with Crippen molar-refractivity contribution >= 4 is 16.8 Å². The van der Waals surface area contributed by atoms with E-state index in [1.54, 1.807) is 19.9 Å². The minimum absolute atomic E-state index is 0.0858. The second-order valence-corrected chi connectivity index (χ2v) is 10.0. The molecule has 0 N–H and O–H groups in total. The molecule has 11 heteroatoms. The van der Waals surface area contributed by atoms with Crippen LogP contribution in [0, 0.1) is 25.5 Å². The van der Waals surface area contributed by atoms with Gasteiger partial charge in [-0.2, -0.15) is 0 Å². The summed E-state index contributed by atoms with van der Waals surface area (Å²) in [5.74, 6) is -1.12. The average molecular weight is 604 g/mol. The quantitative estimate of drug-likeness (QED) is 0.167. The van der Waals surface area contributed by atoms with Gasteiger partial charge in [0.2, 0.25) is 0 Å². The summed E-state index contributed by atoms with van der Waals surface area (Å²) in [6.45, 7) is 2.38. The number of ketones is 1. The van der Waals surface area contributed by atoms with E-state index < -0.39 is 29.5 Å². The molecule has 44 heavy (non-hydrogen) atoms. The van der Waals surface area contributed by atoms with Gasteiger partial charge in [-0.1, -0.05) is 12.1 Å². The van der Waals surface area contributed by atoms with Crippen molar-refractivity contribution in [3.05, 3.63) is 105 Å². The first kappa shape index (κ1) is 30.3. The molecule has 0 bridgehead atoms. The molecule has 0 saturated carbocycles. The van der Waals surface area contributed by atoms with Gasteiger partial charge in [-0.05, 0) is 54.8 Å². The number of carbonyl (C=O) groups excluding carboxylic acids is 1. The molecule has 0 fully saturated rings. The third-order valence-corrected chi connectivity index (χ3v) is 7.23. The molecule has 0 aliphatic heterocycles.